The molecule has 18 heavy (non-hydrogen) atoms. The first-order valence-electron chi connectivity index (χ1n) is 7.38. The highest BCUT2D eigenvalue weighted by Gasteiger charge is 2.21. The molecule has 0 aliphatic heterocycles. The molecule has 102 valence electrons. The standard InChI is InChI=1S/C15H27N3/c1-11(10-16)9-15-12(2)17-18(13(15)3)14-7-5-4-6-8-14/h11,14H,4-10,16H2,1-3H3. The zero-order valence-electron chi connectivity index (χ0n) is 12.1. The minimum Gasteiger partial charge on any atom is -0.330 e. The molecule has 0 radical (unpaired) electrons. The van der Waals surface area contributed by atoms with E-state index in [2.05, 4.69) is 25.5 Å². The van der Waals surface area contributed by atoms with Crippen molar-refractivity contribution in [1.29, 1.82) is 0 Å². The molecule has 1 fully saturated rings. The molecular weight excluding hydrogens is 222 g/mol. The molecule has 3 heteroatoms. The van der Waals surface area contributed by atoms with E-state index < -0.39 is 0 Å². The SMILES string of the molecule is Cc1nn(C2CCCCC2)c(C)c1CC(C)CN. The Morgan fingerprint density at radius 2 is 1.94 bits per heavy atom. The third kappa shape index (κ3) is 2.77. The number of hydrogen-bond donors (Lipinski definition) is 1. The van der Waals surface area contributed by atoms with Crippen LogP contribution in [-0.2, 0) is 6.42 Å². The van der Waals surface area contributed by atoms with E-state index in [-0.39, 0.29) is 0 Å². The molecule has 1 heterocycles. The first-order valence-corrected chi connectivity index (χ1v) is 7.38. The molecule has 1 unspecified atom stereocenters. The van der Waals surface area contributed by atoms with Gasteiger partial charge >= 0.3 is 0 Å². The van der Waals surface area contributed by atoms with Crippen molar-refractivity contribution in [3.8, 4) is 0 Å². The first-order chi connectivity index (χ1) is 8.63. The van der Waals surface area contributed by atoms with Gasteiger partial charge in [-0.2, -0.15) is 5.10 Å². The van der Waals surface area contributed by atoms with Gasteiger partial charge in [0.2, 0.25) is 0 Å². The number of rotatable bonds is 4. The second-order valence-electron chi connectivity index (χ2n) is 5.93. The van der Waals surface area contributed by atoms with Crippen LogP contribution in [0.3, 0.4) is 0 Å². The van der Waals surface area contributed by atoms with Crippen LogP contribution in [0.4, 0.5) is 0 Å². The van der Waals surface area contributed by atoms with Crippen molar-refractivity contribution < 1.29 is 0 Å². The summed E-state index contributed by atoms with van der Waals surface area (Å²) in [5.41, 5.74) is 9.75. The van der Waals surface area contributed by atoms with Crippen molar-refractivity contribution in [1.82, 2.24) is 9.78 Å². The fraction of sp³-hybridized carbons (Fsp3) is 0.800. The largest absolute Gasteiger partial charge is 0.330 e. The summed E-state index contributed by atoms with van der Waals surface area (Å²) in [6.45, 7) is 7.35. The lowest BCUT2D eigenvalue weighted by Crippen LogP contribution is -2.16. The van der Waals surface area contributed by atoms with Gasteiger partial charge in [0, 0.05) is 5.69 Å². The number of hydrogen-bond acceptors (Lipinski definition) is 2. The minimum absolute atomic E-state index is 0.548. The second-order valence-corrected chi connectivity index (χ2v) is 5.93. The Balaban J connectivity index is 2.19. The molecule has 2 N–H and O–H groups in total. The predicted octanol–water partition coefficient (Wildman–Crippen LogP) is 3.14. The van der Waals surface area contributed by atoms with Crippen LogP contribution in [0, 0.1) is 19.8 Å². The van der Waals surface area contributed by atoms with Crippen LogP contribution >= 0.6 is 0 Å². The van der Waals surface area contributed by atoms with Gasteiger partial charge in [-0.3, -0.25) is 4.68 Å². The van der Waals surface area contributed by atoms with Gasteiger partial charge in [-0.15, -0.1) is 0 Å². The first kappa shape index (κ1) is 13.6. The zero-order valence-corrected chi connectivity index (χ0v) is 12.1. The van der Waals surface area contributed by atoms with Gasteiger partial charge in [0.1, 0.15) is 0 Å². The average Bonchev–Trinajstić information content (AvgIpc) is 2.67. The highest BCUT2D eigenvalue weighted by atomic mass is 15.3. The van der Waals surface area contributed by atoms with E-state index in [1.54, 1.807) is 0 Å². The van der Waals surface area contributed by atoms with Crippen molar-refractivity contribution in [3.05, 3.63) is 17.0 Å². The Bertz CT molecular complexity index is 389. The summed E-state index contributed by atoms with van der Waals surface area (Å²) in [7, 11) is 0. The summed E-state index contributed by atoms with van der Waals surface area (Å²) in [5, 5.41) is 4.80. The zero-order chi connectivity index (χ0) is 13.1. The van der Waals surface area contributed by atoms with E-state index in [1.807, 2.05) is 0 Å². The number of aryl methyl sites for hydroxylation is 1. The van der Waals surface area contributed by atoms with E-state index in [1.165, 1.54) is 49.1 Å². The minimum atomic E-state index is 0.548. The fourth-order valence-corrected chi connectivity index (χ4v) is 3.11. The van der Waals surface area contributed by atoms with Crippen LogP contribution in [-0.4, -0.2) is 16.3 Å². The summed E-state index contributed by atoms with van der Waals surface area (Å²) in [6, 6.07) is 0.638. The van der Waals surface area contributed by atoms with Crippen LogP contribution in [0.15, 0.2) is 0 Å². The summed E-state index contributed by atoms with van der Waals surface area (Å²) >= 11 is 0. The molecule has 2 rings (SSSR count). The molecule has 0 bridgehead atoms. The molecule has 0 amide bonds. The Hall–Kier alpha value is -0.830. The van der Waals surface area contributed by atoms with Gasteiger partial charge in [-0.05, 0) is 51.1 Å². The van der Waals surface area contributed by atoms with Gasteiger partial charge in [0.25, 0.3) is 0 Å². The van der Waals surface area contributed by atoms with E-state index in [0.717, 1.165) is 13.0 Å². The van der Waals surface area contributed by atoms with Crippen molar-refractivity contribution in [2.75, 3.05) is 6.54 Å². The Morgan fingerprint density at radius 3 is 2.56 bits per heavy atom. The topological polar surface area (TPSA) is 43.8 Å². The van der Waals surface area contributed by atoms with E-state index >= 15 is 0 Å². The second kappa shape index (κ2) is 5.87. The molecule has 0 aromatic carbocycles. The molecule has 0 saturated heterocycles. The highest BCUT2D eigenvalue weighted by molar-refractivity contribution is 5.25. The van der Waals surface area contributed by atoms with Crippen LogP contribution < -0.4 is 5.73 Å². The maximum Gasteiger partial charge on any atom is 0.0628 e. The van der Waals surface area contributed by atoms with E-state index in [0.29, 0.717) is 12.0 Å². The molecule has 1 aliphatic rings. The lowest BCUT2D eigenvalue weighted by atomic mass is 9.95. The maximum atomic E-state index is 5.74. The fourth-order valence-electron chi connectivity index (χ4n) is 3.11. The Labute approximate surface area is 111 Å². The smallest absolute Gasteiger partial charge is 0.0628 e. The summed E-state index contributed by atoms with van der Waals surface area (Å²) in [4.78, 5) is 0. The lowest BCUT2D eigenvalue weighted by molar-refractivity contribution is 0.323. The van der Waals surface area contributed by atoms with Gasteiger partial charge in [0.15, 0.2) is 0 Å². The normalized spacial score (nSPS) is 19.1. The van der Waals surface area contributed by atoms with Gasteiger partial charge in [0.05, 0.1) is 11.7 Å². The monoisotopic (exact) mass is 249 g/mol. The van der Waals surface area contributed by atoms with Crippen molar-refractivity contribution >= 4 is 0 Å². The molecule has 1 aromatic heterocycles. The summed E-state index contributed by atoms with van der Waals surface area (Å²) in [5.74, 6) is 0.548. The van der Waals surface area contributed by atoms with E-state index in [9.17, 15) is 0 Å². The molecule has 1 aromatic rings. The van der Waals surface area contributed by atoms with Crippen molar-refractivity contribution in [2.45, 2.75) is 65.3 Å². The van der Waals surface area contributed by atoms with E-state index in [4.69, 9.17) is 10.8 Å². The van der Waals surface area contributed by atoms with Crippen LogP contribution in [0.5, 0.6) is 0 Å². The number of nitrogens with two attached hydrogens (primary N) is 1. The van der Waals surface area contributed by atoms with Crippen LogP contribution in [0.25, 0.3) is 0 Å². The Kier molecular flexibility index (Phi) is 4.44. The number of aromatic nitrogens is 2. The average molecular weight is 249 g/mol. The quantitative estimate of drug-likeness (QED) is 0.891. The third-order valence-corrected chi connectivity index (χ3v) is 4.35. The summed E-state index contributed by atoms with van der Waals surface area (Å²) in [6.07, 6.45) is 7.78. The molecule has 3 nitrogen and oxygen atoms in total. The van der Waals surface area contributed by atoms with Crippen molar-refractivity contribution in [3.63, 3.8) is 0 Å². The number of nitrogens with zero attached hydrogens (tertiary/aromatic N) is 2. The predicted molar refractivity (Wildman–Crippen MR) is 75.7 cm³/mol. The molecule has 1 saturated carbocycles. The lowest BCUT2D eigenvalue weighted by Gasteiger charge is -2.23. The molecule has 0 spiro atoms. The summed E-state index contributed by atoms with van der Waals surface area (Å²) < 4.78 is 2.30. The van der Waals surface area contributed by atoms with Gasteiger partial charge in [-0.1, -0.05) is 26.2 Å². The van der Waals surface area contributed by atoms with Gasteiger partial charge < -0.3 is 5.73 Å². The maximum absolute atomic E-state index is 5.74. The van der Waals surface area contributed by atoms with Gasteiger partial charge in [-0.25, -0.2) is 0 Å². The van der Waals surface area contributed by atoms with Crippen LogP contribution in [0.1, 0.15) is 62.0 Å². The molecule has 1 atom stereocenters. The third-order valence-electron chi connectivity index (χ3n) is 4.35. The highest BCUT2D eigenvalue weighted by Crippen LogP contribution is 2.30. The Morgan fingerprint density at radius 1 is 1.28 bits per heavy atom. The molecular formula is C15H27N3. The van der Waals surface area contributed by atoms with Crippen molar-refractivity contribution in [2.24, 2.45) is 11.7 Å². The molecule has 1 aliphatic carbocycles. The van der Waals surface area contributed by atoms with Crippen LogP contribution in [0.2, 0.25) is 0 Å².